The van der Waals surface area contributed by atoms with Crippen molar-refractivity contribution in [2.45, 2.75) is 6.92 Å². The predicted octanol–water partition coefficient (Wildman–Crippen LogP) is 3.88. The van der Waals surface area contributed by atoms with Crippen molar-refractivity contribution in [2.24, 2.45) is 0 Å². The van der Waals surface area contributed by atoms with Crippen molar-refractivity contribution >= 4 is 17.4 Å². The van der Waals surface area contributed by atoms with E-state index in [2.05, 4.69) is 0 Å². The summed E-state index contributed by atoms with van der Waals surface area (Å²) in [7, 11) is 0. The van der Waals surface area contributed by atoms with Crippen LogP contribution in [0.25, 0.3) is 0 Å². The van der Waals surface area contributed by atoms with Gasteiger partial charge in [0.2, 0.25) is 0 Å². The highest BCUT2D eigenvalue weighted by Gasteiger charge is 2.11. The van der Waals surface area contributed by atoms with E-state index < -0.39 is 0 Å². The molecule has 2 aromatic carbocycles. The Balaban J connectivity index is 2.40. The van der Waals surface area contributed by atoms with E-state index in [9.17, 15) is 4.79 Å². The maximum absolute atomic E-state index is 12.1. The molecular weight excluding hydrogens is 220 g/mol. The first-order chi connectivity index (χ1) is 7.68. The van der Waals surface area contributed by atoms with Crippen LogP contribution in [-0.2, 0) is 0 Å². The number of hydrogen-bond donors (Lipinski definition) is 0. The lowest BCUT2D eigenvalue weighted by atomic mass is 10.0. The van der Waals surface area contributed by atoms with Gasteiger partial charge in [-0.1, -0.05) is 53.6 Å². The van der Waals surface area contributed by atoms with Gasteiger partial charge in [-0.05, 0) is 19.1 Å². The van der Waals surface area contributed by atoms with Crippen LogP contribution in [0.2, 0.25) is 5.02 Å². The fourth-order valence-corrected chi connectivity index (χ4v) is 1.73. The molecule has 2 rings (SSSR count). The molecule has 0 atom stereocenters. The highest BCUT2D eigenvalue weighted by molar-refractivity contribution is 6.34. The maximum atomic E-state index is 12.1. The Labute approximate surface area is 99.7 Å². The molecule has 0 fully saturated rings. The first-order valence-corrected chi connectivity index (χ1v) is 5.42. The van der Waals surface area contributed by atoms with E-state index in [4.69, 9.17) is 11.6 Å². The fourth-order valence-electron chi connectivity index (χ4n) is 1.51. The Morgan fingerprint density at radius 2 is 1.62 bits per heavy atom. The molecule has 1 nitrogen and oxygen atoms in total. The van der Waals surface area contributed by atoms with Gasteiger partial charge in [-0.2, -0.15) is 0 Å². The lowest BCUT2D eigenvalue weighted by Crippen LogP contribution is -2.01. The smallest absolute Gasteiger partial charge is 0.194 e. The standard InChI is InChI=1S/C14H11ClO/c1-10-6-8-11(9-7-10)14(16)12-4-2-3-5-13(12)15/h2-9H,1H3. The normalized spacial score (nSPS) is 10.1. The zero-order valence-corrected chi connectivity index (χ0v) is 9.66. The third kappa shape index (κ3) is 2.15. The molecule has 0 aromatic heterocycles. The molecule has 2 heteroatoms. The molecule has 0 saturated carbocycles. The molecule has 0 N–H and O–H groups in total. The van der Waals surface area contributed by atoms with E-state index >= 15 is 0 Å². The van der Waals surface area contributed by atoms with Crippen molar-refractivity contribution in [3.63, 3.8) is 0 Å². The number of aryl methyl sites for hydroxylation is 1. The molecule has 0 bridgehead atoms. The summed E-state index contributed by atoms with van der Waals surface area (Å²) in [5.41, 5.74) is 2.35. The number of rotatable bonds is 2. The fraction of sp³-hybridized carbons (Fsp3) is 0.0714. The summed E-state index contributed by atoms with van der Waals surface area (Å²) < 4.78 is 0. The number of carbonyl (C=O) groups is 1. The summed E-state index contributed by atoms with van der Waals surface area (Å²) in [6.45, 7) is 1.99. The topological polar surface area (TPSA) is 17.1 Å². The molecule has 0 aliphatic carbocycles. The summed E-state index contributed by atoms with van der Waals surface area (Å²) >= 11 is 5.98. The van der Waals surface area contributed by atoms with Crippen molar-refractivity contribution in [2.75, 3.05) is 0 Å². The SMILES string of the molecule is Cc1ccc(C(=O)c2ccccc2Cl)cc1. The quantitative estimate of drug-likeness (QED) is 0.716. The van der Waals surface area contributed by atoms with Crippen LogP contribution in [0.15, 0.2) is 48.5 Å². The minimum absolute atomic E-state index is 0.0365. The average molecular weight is 231 g/mol. The van der Waals surface area contributed by atoms with E-state index in [1.54, 1.807) is 12.1 Å². The highest BCUT2D eigenvalue weighted by atomic mass is 35.5. The molecule has 0 unspecified atom stereocenters. The summed E-state index contributed by atoms with van der Waals surface area (Å²) in [6, 6.07) is 14.6. The first kappa shape index (κ1) is 10.9. The molecule has 0 heterocycles. The van der Waals surface area contributed by atoms with Gasteiger partial charge in [0.25, 0.3) is 0 Å². The summed E-state index contributed by atoms with van der Waals surface area (Å²) in [5, 5.41) is 0.494. The third-order valence-electron chi connectivity index (χ3n) is 2.43. The number of ketones is 1. The highest BCUT2D eigenvalue weighted by Crippen LogP contribution is 2.19. The van der Waals surface area contributed by atoms with Crippen molar-refractivity contribution in [3.05, 3.63) is 70.2 Å². The van der Waals surface area contributed by atoms with Crippen LogP contribution in [-0.4, -0.2) is 5.78 Å². The van der Waals surface area contributed by atoms with Gasteiger partial charge in [0.15, 0.2) is 5.78 Å². The number of halogens is 1. The molecule has 0 aliphatic heterocycles. The number of benzene rings is 2. The summed E-state index contributed by atoms with van der Waals surface area (Å²) in [5.74, 6) is -0.0365. The van der Waals surface area contributed by atoms with Crippen LogP contribution in [0.3, 0.4) is 0 Å². The van der Waals surface area contributed by atoms with Gasteiger partial charge < -0.3 is 0 Å². The molecule has 0 spiro atoms. The average Bonchev–Trinajstić information content (AvgIpc) is 2.30. The zero-order valence-electron chi connectivity index (χ0n) is 8.91. The molecule has 2 aromatic rings. The molecular formula is C14H11ClO. The van der Waals surface area contributed by atoms with Gasteiger partial charge >= 0.3 is 0 Å². The minimum Gasteiger partial charge on any atom is -0.289 e. The van der Waals surface area contributed by atoms with Gasteiger partial charge in [0, 0.05) is 11.1 Å². The molecule has 16 heavy (non-hydrogen) atoms. The molecule has 0 aliphatic rings. The summed E-state index contributed by atoms with van der Waals surface area (Å²) in [6.07, 6.45) is 0. The van der Waals surface area contributed by atoms with Crippen molar-refractivity contribution in [3.8, 4) is 0 Å². The van der Waals surface area contributed by atoms with Crippen LogP contribution in [0.1, 0.15) is 21.5 Å². The second-order valence-electron chi connectivity index (χ2n) is 3.67. The van der Waals surface area contributed by atoms with E-state index in [0.717, 1.165) is 5.56 Å². The largest absolute Gasteiger partial charge is 0.289 e. The Bertz CT molecular complexity index is 515. The molecule has 0 amide bonds. The molecule has 0 saturated heterocycles. The Hall–Kier alpha value is -1.60. The predicted molar refractivity (Wildman–Crippen MR) is 66.1 cm³/mol. The van der Waals surface area contributed by atoms with E-state index in [1.807, 2.05) is 43.3 Å². The van der Waals surface area contributed by atoms with Gasteiger partial charge in [0.05, 0.1) is 5.02 Å². The van der Waals surface area contributed by atoms with E-state index in [0.29, 0.717) is 16.1 Å². The van der Waals surface area contributed by atoms with Gasteiger partial charge in [0.1, 0.15) is 0 Å². The maximum Gasteiger partial charge on any atom is 0.194 e. The Kier molecular flexibility index (Phi) is 3.07. The van der Waals surface area contributed by atoms with Crippen LogP contribution in [0.5, 0.6) is 0 Å². The van der Waals surface area contributed by atoms with Crippen LogP contribution < -0.4 is 0 Å². The molecule has 80 valence electrons. The number of carbonyl (C=O) groups excluding carboxylic acids is 1. The van der Waals surface area contributed by atoms with Gasteiger partial charge in [-0.3, -0.25) is 4.79 Å². The lowest BCUT2D eigenvalue weighted by molar-refractivity contribution is 0.103. The first-order valence-electron chi connectivity index (χ1n) is 5.04. The lowest BCUT2D eigenvalue weighted by Gasteiger charge is -2.03. The monoisotopic (exact) mass is 230 g/mol. The number of hydrogen-bond acceptors (Lipinski definition) is 1. The third-order valence-corrected chi connectivity index (χ3v) is 2.76. The minimum atomic E-state index is -0.0365. The Morgan fingerprint density at radius 3 is 2.25 bits per heavy atom. The van der Waals surface area contributed by atoms with Crippen molar-refractivity contribution in [1.82, 2.24) is 0 Å². The van der Waals surface area contributed by atoms with Gasteiger partial charge in [-0.15, -0.1) is 0 Å². The summed E-state index contributed by atoms with van der Waals surface area (Å²) in [4.78, 5) is 12.1. The van der Waals surface area contributed by atoms with Crippen LogP contribution in [0.4, 0.5) is 0 Å². The van der Waals surface area contributed by atoms with Crippen LogP contribution in [0, 0.1) is 6.92 Å². The van der Waals surface area contributed by atoms with Crippen LogP contribution >= 0.6 is 11.6 Å². The van der Waals surface area contributed by atoms with E-state index in [-0.39, 0.29) is 5.78 Å². The van der Waals surface area contributed by atoms with Gasteiger partial charge in [-0.25, -0.2) is 0 Å². The molecule has 0 radical (unpaired) electrons. The second kappa shape index (κ2) is 4.50. The van der Waals surface area contributed by atoms with Crippen molar-refractivity contribution < 1.29 is 4.79 Å². The zero-order chi connectivity index (χ0) is 11.5. The van der Waals surface area contributed by atoms with Crippen molar-refractivity contribution in [1.29, 1.82) is 0 Å². The van der Waals surface area contributed by atoms with E-state index in [1.165, 1.54) is 0 Å². The Morgan fingerprint density at radius 1 is 1.00 bits per heavy atom. The second-order valence-corrected chi connectivity index (χ2v) is 4.08.